The van der Waals surface area contributed by atoms with Gasteiger partial charge >= 0.3 is 0 Å². The third kappa shape index (κ3) is 0.733. The molecule has 1 saturated heterocycles. The van der Waals surface area contributed by atoms with Crippen molar-refractivity contribution in [3.63, 3.8) is 0 Å². The van der Waals surface area contributed by atoms with Crippen LogP contribution in [0.3, 0.4) is 0 Å². The minimum absolute atomic E-state index is 0.433. The molecule has 2 heterocycles. The lowest BCUT2D eigenvalue weighted by molar-refractivity contribution is 0.654. The molecule has 3 nitrogen and oxygen atoms in total. The Bertz CT molecular complexity index is 199. The maximum Gasteiger partial charge on any atom is 0.181 e. The molecule has 1 unspecified atom stereocenters. The Labute approximate surface area is 55.3 Å². The van der Waals surface area contributed by atoms with E-state index in [1.54, 1.807) is 6.21 Å². The summed E-state index contributed by atoms with van der Waals surface area (Å²) in [5, 5.41) is 0. The first-order valence-corrected chi connectivity index (χ1v) is 3.10. The number of dihydropyridines is 1. The molecule has 0 aromatic heterocycles. The van der Waals surface area contributed by atoms with Crippen molar-refractivity contribution in [2.75, 3.05) is 13.1 Å². The molecular formula is C6H9N3. The van der Waals surface area contributed by atoms with Gasteiger partial charge in [-0.05, 0) is 6.08 Å². The van der Waals surface area contributed by atoms with Crippen molar-refractivity contribution in [1.29, 1.82) is 0 Å². The topological polar surface area (TPSA) is 36.4 Å². The summed E-state index contributed by atoms with van der Waals surface area (Å²) in [6.45, 7) is 1.68. The highest BCUT2D eigenvalue weighted by atomic mass is 15.4. The number of allylic oxidation sites excluding steroid dienone is 1. The lowest BCUT2D eigenvalue weighted by Crippen LogP contribution is -2.20. The van der Waals surface area contributed by atoms with Crippen LogP contribution in [0.4, 0.5) is 0 Å². The average molecular weight is 124 g/mol. The van der Waals surface area contributed by atoms with Crippen molar-refractivity contribution in [3.05, 3.63) is 11.8 Å². The molecule has 0 spiro atoms. The van der Waals surface area contributed by atoms with E-state index in [2.05, 4.69) is 10.4 Å². The second kappa shape index (κ2) is 1.84. The first kappa shape index (κ1) is 4.06. The first-order chi connectivity index (χ1) is 4.88. The quantitative estimate of drug-likeness (QED) is 0.464. The Kier molecular flexibility index (Phi) is 0.832. The van der Waals surface area contributed by atoms with Crippen LogP contribution in [-0.2, 0) is 0 Å². The zero-order valence-corrected chi connectivity index (χ0v) is 5.04. The number of hydrogen-bond acceptors (Lipinski definition) is 3. The van der Waals surface area contributed by atoms with Crippen LogP contribution in [-0.4, -0.2) is 19.3 Å². The van der Waals surface area contributed by atoms with Gasteiger partial charge in [0, 0.05) is 30.9 Å². The van der Waals surface area contributed by atoms with Gasteiger partial charge in [-0.1, -0.05) is 0 Å². The summed E-state index contributed by atoms with van der Waals surface area (Å²) < 4.78 is 7.35. The summed E-state index contributed by atoms with van der Waals surface area (Å²) in [7, 11) is 0. The predicted molar refractivity (Wildman–Crippen MR) is 36.1 cm³/mol. The van der Waals surface area contributed by atoms with Crippen molar-refractivity contribution in [2.45, 2.75) is 0 Å². The molecule has 48 valence electrons. The Morgan fingerprint density at radius 3 is 3.78 bits per heavy atom. The molecule has 0 aromatic carbocycles. The number of nitrogens with one attached hydrogen (secondary N) is 2. The Hall–Kier alpha value is -0.830. The number of nitrogens with zero attached hydrogens (tertiary/aromatic N) is 1. The van der Waals surface area contributed by atoms with Gasteiger partial charge in [-0.25, -0.2) is 5.43 Å². The van der Waals surface area contributed by atoms with E-state index in [1.807, 2.05) is 6.08 Å². The number of hydrazine groups is 1. The van der Waals surface area contributed by atoms with E-state index in [4.69, 9.17) is 1.41 Å². The number of rotatable bonds is 0. The molecule has 0 saturated carbocycles. The van der Waals surface area contributed by atoms with E-state index in [0.29, 0.717) is 5.92 Å². The zero-order chi connectivity index (χ0) is 6.97. The van der Waals surface area contributed by atoms with Crippen LogP contribution >= 0.6 is 0 Å². The average Bonchev–Trinajstić information content (AvgIpc) is 2.34. The van der Waals surface area contributed by atoms with E-state index in [1.165, 1.54) is 5.42 Å². The summed E-state index contributed by atoms with van der Waals surface area (Å²) in [4.78, 5) is 4.10. The predicted octanol–water partition coefficient (Wildman–Crippen LogP) is -0.321. The minimum Gasteiger partial charge on any atom is -0.325 e. The van der Waals surface area contributed by atoms with Gasteiger partial charge in [0.2, 0.25) is 0 Å². The fourth-order valence-corrected chi connectivity index (χ4v) is 1.09. The Morgan fingerprint density at radius 1 is 1.89 bits per heavy atom. The number of fused-ring (bicyclic) bond motifs is 1. The molecule has 2 aliphatic rings. The van der Waals surface area contributed by atoms with E-state index < -0.39 is 0 Å². The lowest BCUT2D eigenvalue weighted by Gasteiger charge is -2.08. The molecule has 2 rings (SSSR count). The van der Waals surface area contributed by atoms with Crippen LogP contribution in [0.15, 0.2) is 16.8 Å². The van der Waals surface area contributed by atoms with Crippen LogP contribution in [0.25, 0.3) is 0 Å². The second-order valence-corrected chi connectivity index (χ2v) is 2.28. The van der Waals surface area contributed by atoms with Crippen molar-refractivity contribution in [3.8, 4) is 0 Å². The maximum absolute atomic E-state index is 7.35. The van der Waals surface area contributed by atoms with Gasteiger partial charge in [0.1, 0.15) is 0 Å². The molecule has 2 N–H and O–H groups in total. The molecule has 1 fully saturated rings. The number of aliphatic imine (C=N–C) groups is 1. The molecule has 3 heteroatoms. The molecule has 0 radical (unpaired) electrons. The fourth-order valence-electron chi connectivity index (χ4n) is 1.09. The first-order valence-electron chi connectivity index (χ1n) is 3.55. The minimum atomic E-state index is 0.433. The molecule has 0 aliphatic carbocycles. The van der Waals surface area contributed by atoms with Gasteiger partial charge in [0.15, 0.2) is 1.41 Å². The lowest BCUT2D eigenvalue weighted by atomic mass is 10.1. The summed E-state index contributed by atoms with van der Waals surface area (Å²) in [5.74, 6) is 0.433. The van der Waals surface area contributed by atoms with Crippen molar-refractivity contribution < 1.29 is 1.41 Å². The molecule has 9 heavy (non-hydrogen) atoms. The largest absolute Gasteiger partial charge is 0.325 e. The van der Waals surface area contributed by atoms with Crippen LogP contribution in [0, 0.1) is 5.92 Å². The van der Waals surface area contributed by atoms with Crippen LogP contribution in [0.1, 0.15) is 0 Å². The second-order valence-electron chi connectivity index (χ2n) is 2.28. The molecule has 1 atom stereocenters. The van der Waals surface area contributed by atoms with Crippen molar-refractivity contribution in [2.24, 2.45) is 10.9 Å². The van der Waals surface area contributed by atoms with Gasteiger partial charge in [0.25, 0.3) is 0 Å². The maximum atomic E-state index is 7.35. The Morgan fingerprint density at radius 2 is 2.89 bits per heavy atom. The summed E-state index contributed by atoms with van der Waals surface area (Å²) in [5.41, 5.74) is 5.28. The molecular weight excluding hydrogens is 114 g/mol. The third-order valence-corrected chi connectivity index (χ3v) is 1.64. The molecule has 0 aromatic rings. The SMILES string of the molecule is [2H]N1NCC2CN=CC=C21. The highest BCUT2D eigenvalue weighted by Gasteiger charge is 2.20. The van der Waals surface area contributed by atoms with Crippen LogP contribution in [0.2, 0.25) is 1.41 Å². The highest BCUT2D eigenvalue weighted by molar-refractivity contribution is 5.73. The highest BCUT2D eigenvalue weighted by Crippen LogP contribution is 2.13. The van der Waals surface area contributed by atoms with Gasteiger partial charge in [-0.3, -0.25) is 4.99 Å². The van der Waals surface area contributed by atoms with Crippen LogP contribution in [0.5, 0.6) is 0 Å². The monoisotopic (exact) mass is 124 g/mol. The van der Waals surface area contributed by atoms with Crippen molar-refractivity contribution in [1.82, 2.24) is 10.8 Å². The molecule has 0 amide bonds. The van der Waals surface area contributed by atoms with Gasteiger partial charge in [-0.15, -0.1) is 0 Å². The van der Waals surface area contributed by atoms with Gasteiger partial charge in [0.05, 0.1) is 0 Å². The standard InChI is InChI=1S/C6H9N3/c1-2-7-3-5-4-8-9-6(1)5/h1-2,5,8-9H,3-4H2/i/hD. The normalized spacial score (nSPS) is 33.8. The third-order valence-electron chi connectivity index (χ3n) is 1.64. The molecule has 0 bridgehead atoms. The number of hydrogen-bond donors (Lipinski definition) is 2. The smallest absolute Gasteiger partial charge is 0.181 e. The fraction of sp³-hybridized carbons (Fsp3) is 0.500. The van der Waals surface area contributed by atoms with Crippen LogP contribution < -0.4 is 10.8 Å². The van der Waals surface area contributed by atoms with E-state index in [-0.39, 0.29) is 0 Å². The van der Waals surface area contributed by atoms with Gasteiger partial charge < -0.3 is 5.42 Å². The van der Waals surface area contributed by atoms with E-state index in [9.17, 15) is 0 Å². The van der Waals surface area contributed by atoms with E-state index in [0.717, 1.165) is 18.8 Å². The Balaban J connectivity index is 2.25. The van der Waals surface area contributed by atoms with Gasteiger partial charge in [-0.2, -0.15) is 0 Å². The summed E-state index contributed by atoms with van der Waals surface area (Å²) in [6.07, 6.45) is 3.65. The van der Waals surface area contributed by atoms with E-state index >= 15 is 0 Å². The summed E-state index contributed by atoms with van der Waals surface area (Å²) in [6, 6.07) is 0. The van der Waals surface area contributed by atoms with Crippen molar-refractivity contribution >= 4 is 6.21 Å². The molecule has 2 aliphatic heterocycles. The zero-order valence-electron chi connectivity index (χ0n) is 6.04. The summed E-state index contributed by atoms with van der Waals surface area (Å²) >= 11 is 0.